The van der Waals surface area contributed by atoms with Crippen molar-refractivity contribution in [2.45, 2.75) is 46.1 Å². The fourth-order valence-corrected chi connectivity index (χ4v) is 2.87. The highest BCUT2D eigenvalue weighted by atomic mass is 16.2. The van der Waals surface area contributed by atoms with E-state index in [0.29, 0.717) is 17.5 Å². The molecule has 0 aromatic carbocycles. The molecular weight excluding hydrogens is 250 g/mol. The second-order valence-electron chi connectivity index (χ2n) is 5.80. The van der Waals surface area contributed by atoms with Crippen LogP contribution in [0.1, 0.15) is 50.4 Å². The maximum Gasteiger partial charge on any atom is 0.257 e. The molecule has 0 aliphatic carbocycles. The molecule has 1 aliphatic heterocycles. The Morgan fingerprint density at radius 2 is 2.35 bits per heavy atom. The minimum atomic E-state index is 0.118. The minimum absolute atomic E-state index is 0.118. The van der Waals surface area contributed by atoms with Crippen molar-refractivity contribution in [3.63, 3.8) is 0 Å². The quantitative estimate of drug-likeness (QED) is 0.897. The summed E-state index contributed by atoms with van der Waals surface area (Å²) in [6.45, 7) is 8.23. The zero-order chi connectivity index (χ0) is 14.5. The van der Waals surface area contributed by atoms with Crippen LogP contribution >= 0.6 is 0 Å². The summed E-state index contributed by atoms with van der Waals surface area (Å²) in [7, 11) is 0. The van der Waals surface area contributed by atoms with Gasteiger partial charge in [-0.2, -0.15) is 0 Å². The lowest BCUT2D eigenvalue weighted by Gasteiger charge is -2.28. The topological polar surface area (TPSA) is 45.2 Å². The Morgan fingerprint density at radius 1 is 1.55 bits per heavy atom. The van der Waals surface area contributed by atoms with E-state index < -0.39 is 0 Å². The number of amides is 1. The van der Waals surface area contributed by atoms with Crippen molar-refractivity contribution in [3.05, 3.63) is 24.0 Å². The molecule has 1 fully saturated rings. The lowest BCUT2D eigenvalue weighted by atomic mass is 10.0. The molecule has 20 heavy (non-hydrogen) atoms. The van der Waals surface area contributed by atoms with Gasteiger partial charge in [0.05, 0.1) is 11.3 Å². The summed E-state index contributed by atoms with van der Waals surface area (Å²) in [5, 5.41) is 3.32. The molecule has 1 aliphatic rings. The summed E-state index contributed by atoms with van der Waals surface area (Å²) in [5.74, 6) is 0.623. The normalized spacial score (nSPS) is 18.6. The third-order valence-electron chi connectivity index (χ3n) is 3.95. The number of likely N-dealkylation sites (tertiary alicyclic amines) is 1. The van der Waals surface area contributed by atoms with Crippen LogP contribution in [-0.2, 0) is 0 Å². The van der Waals surface area contributed by atoms with Crippen LogP contribution < -0.4 is 5.32 Å². The number of hydrogen-bond acceptors (Lipinski definition) is 3. The molecule has 1 aromatic rings. The van der Waals surface area contributed by atoms with Crippen molar-refractivity contribution in [2.24, 2.45) is 5.92 Å². The average Bonchev–Trinajstić information content (AvgIpc) is 2.94. The highest BCUT2D eigenvalue weighted by molar-refractivity contribution is 5.99. The van der Waals surface area contributed by atoms with Gasteiger partial charge in [0.25, 0.3) is 5.91 Å². The van der Waals surface area contributed by atoms with Gasteiger partial charge in [0.1, 0.15) is 0 Å². The number of rotatable bonds is 5. The van der Waals surface area contributed by atoms with Crippen molar-refractivity contribution < 1.29 is 4.79 Å². The Labute approximate surface area is 121 Å². The van der Waals surface area contributed by atoms with E-state index in [4.69, 9.17) is 0 Å². The van der Waals surface area contributed by atoms with Crippen LogP contribution in [0.4, 0.5) is 5.69 Å². The predicted molar refractivity (Wildman–Crippen MR) is 81.9 cm³/mol. The van der Waals surface area contributed by atoms with Gasteiger partial charge in [-0.05, 0) is 31.2 Å². The summed E-state index contributed by atoms with van der Waals surface area (Å²) in [6, 6.07) is 2.25. The lowest BCUT2D eigenvalue weighted by Crippen LogP contribution is -2.38. The maximum absolute atomic E-state index is 12.8. The molecule has 1 N–H and O–H groups in total. The van der Waals surface area contributed by atoms with Crippen LogP contribution in [0.5, 0.6) is 0 Å². The van der Waals surface area contributed by atoms with Gasteiger partial charge in [0.15, 0.2) is 0 Å². The third-order valence-corrected chi connectivity index (χ3v) is 3.95. The minimum Gasteiger partial charge on any atom is -0.384 e. The zero-order valence-corrected chi connectivity index (χ0v) is 12.7. The Bertz CT molecular complexity index is 459. The molecule has 110 valence electrons. The first-order valence-corrected chi connectivity index (χ1v) is 7.64. The van der Waals surface area contributed by atoms with Gasteiger partial charge in [-0.25, -0.2) is 0 Å². The monoisotopic (exact) mass is 275 g/mol. The van der Waals surface area contributed by atoms with E-state index in [0.717, 1.165) is 38.0 Å². The standard InChI is InChI=1S/C16H25N3O/c1-4-8-18-14-7-9-17-11-13(14)16(20)19-10-5-6-15(19)12(2)3/h7,9,11-12,15H,4-6,8,10H2,1-3H3,(H,17,18). The summed E-state index contributed by atoms with van der Waals surface area (Å²) in [6.07, 6.45) is 6.68. The second kappa shape index (κ2) is 6.73. The third kappa shape index (κ3) is 3.11. The molecule has 1 amide bonds. The van der Waals surface area contributed by atoms with E-state index in [1.807, 2.05) is 11.0 Å². The summed E-state index contributed by atoms with van der Waals surface area (Å²) >= 11 is 0. The molecular formula is C16H25N3O. The van der Waals surface area contributed by atoms with Gasteiger partial charge in [-0.15, -0.1) is 0 Å². The van der Waals surface area contributed by atoms with Crippen LogP contribution in [-0.4, -0.2) is 34.9 Å². The van der Waals surface area contributed by atoms with Crippen molar-refractivity contribution in [3.8, 4) is 0 Å². The second-order valence-corrected chi connectivity index (χ2v) is 5.80. The smallest absolute Gasteiger partial charge is 0.257 e. The highest BCUT2D eigenvalue weighted by Crippen LogP contribution is 2.27. The SMILES string of the molecule is CCCNc1ccncc1C(=O)N1CCCC1C(C)C. The first kappa shape index (κ1) is 14.8. The van der Waals surface area contributed by atoms with Crippen LogP contribution in [0.15, 0.2) is 18.5 Å². The zero-order valence-electron chi connectivity index (χ0n) is 12.7. The fourth-order valence-electron chi connectivity index (χ4n) is 2.87. The van der Waals surface area contributed by atoms with Crippen molar-refractivity contribution in [1.29, 1.82) is 0 Å². The maximum atomic E-state index is 12.8. The molecule has 4 nitrogen and oxygen atoms in total. The fraction of sp³-hybridized carbons (Fsp3) is 0.625. The lowest BCUT2D eigenvalue weighted by molar-refractivity contribution is 0.0702. The van der Waals surface area contributed by atoms with Gasteiger partial charge in [-0.1, -0.05) is 20.8 Å². The van der Waals surface area contributed by atoms with Crippen LogP contribution in [0, 0.1) is 5.92 Å². The van der Waals surface area contributed by atoms with E-state index in [-0.39, 0.29) is 5.91 Å². The summed E-state index contributed by atoms with van der Waals surface area (Å²) in [4.78, 5) is 18.9. The van der Waals surface area contributed by atoms with Gasteiger partial charge in [0, 0.05) is 31.5 Å². The van der Waals surface area contributed by atoms with Crippen molar-refractivity contribution in [1.82, 2.24) is 9.88 Å². The largest absolute Gasteiger partial charge is 0.384 e. The molecule has 1 atom stereocenters. The number of aromatic nitrogens is 1. The predicted octanol–water partition coefficient (Wildman–Crippen LogP) is 3.16. The van der Waals surface area contributed by atoms with E-state index in [1.54, 1.807) is 12.4 Å². The van der Waals surface area contributed by atoms with Crippen LogP contribution in [0.2, 0.25) is 0 Å². The average molecular weight is 275 g/mol. The number of pyridine rings is 1. The van der Waals surface area contributed by atoms with Crippen molar-refractivity contribution >= 4 is 11.6 Å². The van der Waals surface area contributed by atoms with Gasteiger partial charge >= 0.3 is 0 Å². The highest BCUT2D eigenvalue weighted by Gasteiger charge is 2.32. The van der Waals surface area contributed by atoms with Crippen molar-refractivity contribution in [2.75, 3.05) is 18.4 Å². The molecule has 1 aromatic heterocycles. The Hall–Kier alpha value is -1.58. The molecule has 0 radical (unpaired) electrons. The molecule has 0 saturated carbocycles. The number of nitrogens with zero attached hydrogens (tertiary/aromatic N) is 2. The van der Waals surface area contributed by atoms with Crippen LogP contribution in [0.3, 0.4) is 0 Å². The molecule has 1 saturated heterocycles. The molecule has 2 heterocycles. The Morgan fingerprint density at radius 3 is 3.05 bits per heavy atom. The summed E-state index contributed by atoms with van der Waals surface area (Å²) < 4.78 is 0. The molecule has 0 bridgehead atoms. The van der Waals surface area contributed by atoms with E-state index in [1.165, 1.54) is 0 Å². The van der Waals surface area contributed by atoms with E-state index in [2.05, 4.69) is 31.1 Å². The first-order valence-electron chi connectivity index (χ1n) is 7.64. The summed E-state index contributed by atoms with van der Waals surface area (Å²) in [5.41, 5.74) is 1.61. The Balaban J connectivity index is 2.20. The number of carbonyl (C=O) groups is 1. The molecule has 0 spiro atoms. The van der Waals surface area contributed by atoms with Gasteiger partial charge < -0.3 is 10.2 Å². The Kier molecular flexibility index (Phi) is 4.99. The van der Waals surface area contributed by atoms with Gasteiger partial charge in [0.2, 0.25) is 0 Å². The molecule has 2 rings (SSSR count). The number of hydrogen-bond donors (Lipinski definition) is 1. The molecule has 1 unspecified atom stereocenters. The number of anilines is 1. The first-order chi connectivity index (χ1) is 9.65. The van der Waals surface area contributed by atoms with E-state index in [9.17, 15) is 4.79 Å². The van der Waals surface area contributed by atoms with Gasteiger partial charge in [-0.3, -0.25) is 9.78 Å². The molecule has 4 heteroatoms. The van der Waals surface area contributed by atoms with E-state index >= 15 is 0 Å². The number of nitrogens with one attached hydrogen (secondary N) is 1. The van der Waals surface area contributed by atoms with Crippen LogP contribution in [0.25, 0.3) is 0 Å². The number of carbonyl (C=O) groups excluding carboxylic acids is 1.